The first-order valence-electron chi connectivity index (χ1n) is 9.61. The summed E-state index contributed by atoms with van der Waals surface area (Å²) >= 11 is 0. The third-order valence-corrected chi connectivity index (χ3v) is 4.97. The molecule has 0 radical (unpaired) electrons. The van der Waals surface area contributed by atoms with Gasteiger partial charge < -0.3 is 14.4 Å². The largest absolute Gasteiger partial charge is 0.486 e. The molecule has 2 aromatic carbocycles. The second-order valence-corrected chi connectivity index (χ2v) is 7.13. The third-order valence-electron chi connectivity index (χ3n) is 4.97. The van der Waals surface area contributed by atoms with Gasteiger partial charge >= 0.3 is 0 Å². The van der Waals surface area contributed by atoms with E-state index < -0.39 is 0 Å². The Morgan fingerprint density at radius 1 is 1.04 bits per heavy atom. The number of fused-ring (bicyclic) bond motifs is 2. The van der Waals surface area contributed by atoms with Crippen LogP contribution >= 0.6 is 0 Å². The van der Waals surface area contributed by atoms with Gasteiger partial charge in [-0.15, -0.1) is 0 Å². The number of hydrogen-bond acceptors (Lipinski definition) is 4. The van der Waals surface area contributed by atoms with Crippen molar-refractivity contribution in [2.45, 2.75) is 27.3 Å². The normalized spacial score (nSPS) is 12.8. The summed E-state index contributed by atoms with van der Waals surface area (Å²) in [5.74, 6) is 1.52. The van der Waals surface area contributed by atoms with Crippen LogP contribution in [0.2, 0.25) is 0 Å². The molecule has 0 bridgehead atoms. The van der Waals surface area contributed by atoms with Crippen LogP contribution in [0.25, 0.3) is 10.9 Å². The number of hydrogen-bond donors (Lipinski definition) is 0. The number of nitrogens with zero attached hydrogens (tertiary/aromatic N) is 2. The number of pyridine rings is 1. The van der Waals surface area contributed by atoms with Crippen LogP contribution in [-0.2, 0) is 6.54 Å². The summed E-state index contributed by atoms with van der Waals surface area (Å²) in [4.78, 5) is 19.8. The van der Waals surface area contributed by atoms with Crippen molar-refractivity contribution in [2.75, 3.05) is 19.8 Å². The average Bonchev–Trinajstić information content (AvgIpc) is 2.71. The van der Waals surface area contributed by atoms with Gasteiger partial charge in [0.15, 0.2) is 11.5 Å². The van der Waals surface area contributed by atoms with E-state index in [2.05, 4.69) is 4.98 Å². The fourth-order valence-corrected chi connectivity index (χ4v) is 3.55. The summed E-state index contributed by atoms with van der Waals surface area (Å²) in [7, 11) is 0. The zero-order valence-corrected chi connectivity index (χ0v) is 16.5. The molecule has 0 N–H and O–H groups in total. The fraction of sp³-hybridized carbons (Fsp3) is 0.304. The molecular weight excluding hydrogens is 352 g/mol. The summed E-state index contributed by atoms with van der Waals surface area (Å²) in [6.45, 7) is 8.20. The SMILES string of the molecule is CCN(Cc1ccc2c(c1)OCCO2)C(=O)c1cc(C)nc2ccc(C)cc12. The molecule has 1 amide bonds. The first-order valence-corrected chi connectivity index (χ1v) is 9.61. The Labute approximate surface area is 164 Å². The van der Waals surface area contributed by atoms with Crippen molar-refractivity contribution in [1.82, 2.24) is 9.88 Å². The molecule has 0 saturated carbocycles. The number of carbonyl (C=O) groups excluding carboxylic acids is 1. The van der Waals surface area contributed by atoms with Crippen LogP contribution in [-0.4, -0.2) is 35.5 Å². The summed E-state index contributed by atoms with van der Waals surface area (Å²) in [6, 6.07) is 13.8. The Morgan fingerprint density at radius 2 is 1.82 bits per heavy atom. The van der Waals surface area contributed by atoms with Gasteiger partial charge in [0.2, 0.25) is 0 Å². The number of ether oxygens (including phenoxy) is 2. The van der Waals surface area contributed by atoms with E-state index in [0.717, 1.165) is 39.2 Å². The molecule has 2 heterocycles. The predicted molar refractivity (Wildman–Crippen MR) is 109 cm³/mol. The quantitative estimate of drug-likeness (QED) is 0.682. The van der Waals surface area contributed by atoms with E-state index in [4.69, 9.17) is 9.47 Å². The van der Waals surface area contributed by atoms with Gasteiger partial charge in [0.05, 0.1) is 11.1 Å². The van der Waals surface area contributed by atoms with Gasteiger partial charge in [0.25, 0.3) is 5.91 Å². The lowest BCUT2D eigenvalue weighted by Crippen LogP contribution is -2.30. The minimum Gasteiger partial charge on any atom is -0.486 e. The van der Waals surface area contributed by atoms with Gasteiger partial charge in [0.1, 0.15) is 13.2 Å². The van der Waals surface area contributed by atoms with Crippen LogP contribution < -0.4 is 9.47 Å². The summed E-state index contributed by atoms with van der Waals surface area (Å²) in [5.41, 5.74) is 4.53. The van der Waals surface area contributed by atoms with Crippen molar-refractivity contribution in [3.8, 4) is 11.5 Å². The highest BCUT2D eigenvalue weighted by Crippen LogP contribution is 2.31. The summed E-state index contributed by atoms with van der Waals surface area (Å²) in [6.07, 6.45) is 0. The molecular formula is C23H24N2O3. The maximum Gasteiger partial charge on any atom is 0.254 e. The maximum absolute atomic E-state index is 13.4. The van der Waals surface area contributed by atoms with E-state index in [-0.39, 0.29) is 5.91 Å². The lowest BCUT2D eigenvalue weighted by Gasteiger charge is -2.24. The first kappa shape index (κ1) is 18.3. The van der Waals surface area contributed by atoms with E-state index in [1.54, 1.807) is 0 Å². The van der Waals surface area contributed by atoms with Crippen molar-refractivity contribution < 1.29 is 14.3 Å². The van der Waals surface area contributed by atoms with E-state index in [9.17, 15) is 4.79 Å². The van der Waals surface area contributed by atoms with Gasteiger partial charge in [-0.3, -0.25) is 9.78 Å². The first-order chi connectivity index (χ1) is 13.5. The topological polar surface area (TPSA) is 51.7 Å². The number of aromatic nitrogens is 1. The van der Waals surface area contributed by atoms with Crippen LogP contribution in [0, 0.1) is 13.8 Å². The van der Waals surface area contributed by atoms with E-state index >= 15 is 0 Å². The number of benzene rings is 2. The number of amides is 1. The van der Waals surface area contributed by atoms with Crippen LogP contribution in [0.4, 0.5) is 0 Å². The van der Waals surface area contributed by atoms with Gasteiger partial charge in [-0.1, -0.05) is 17.7 Å². The Morgan fingerprint density at radius 3 is 2.61 bits per heavy atom. The Bertz CT molecular complexity index is 1050. The van der Waals surface area contributed by atoms with Gasteiger partial charge in [-0.05, 0) is 56.7 Å². The molecule has 1 aliphatic heterocycles. The molecule has 1 aliphatic rings. The minimum absolute atomic E-state index is 0.0125. The highest BCUT2D eigenvalue weighted by atomic mass is 16.6. The van der Waals surface area contributed by atoms with Crippen LogP contribution in [0.3, 0.4) is 0 Å². The summed E-state index contributed by atoms with van der Waals surface area (Å²) in [5, 5.41) is 0.899. The Balaban J connectivity index is 1.66. The Kier molecular flexibility index (Phi) is 4.90. The lowest BCUT2D eigenvalue weighted by atomic mass is 10.0. The number of carbonyl (C=O) groups is 1. The monoisotopic (exact) mass is 376 g/mol. The molecule has 5 heteroatoms. The van der Waals surface area contributed by atoms with Crippen molar-refractivity contribution in [3.05, 3.63) is 64.8 Å². The van der Waals surface area contributed by atoms with Gasteiger partial charge in [-0.25, -0.2) is 0 Å². The predicted octanol–water partition coefficient (Wildman–Crippen LogP) is 4.29. The molecule has 5 nitrogen and oxygen atoms in total. The highest BCUT2D eigenvalue weighted by molar-refractivity contribution is 6.06. The zero-order chi connectivity index (χ0) is 19.7. The maximum atomic E-state index is 13.4. The zero-order valence-electron chi connectivity index (χ0n) is 16.5. The second-order valence-electron chi connectivity index (χ2n) is 7.13. The summed E-state index contributed by atoms with van der Waals surface area (Å²) < 4.78 is 11.3. The minimum atomic E-state index is 0.0125. The van der Waals surface area contributed by atoms with Gasteiger partial charge in [0, 0.05) is 24.2 Å². The highest BCUT2D eigenvalue weighted by Gasteiger charge is 2.20. The van der Waals surface area contributed by atoms with E-state index in [1.807, 2.05) is 68.1 Å². The van der Waals surface area contributed by atoms with Crippen molar-refractivity contribution >= 4 is 16.8 Å². The molecule has 144 valence electrons. The van der Waals surface area contributed by atoms with Crippen LogP contribution in [0.5, 0.6) is 11.5 Å². The molecule has 0 aliphatic carbocycles. The second kappa shape index (κ2) is 7.50. The smallest absolute Gasteiger partial charge is 0.254 e. The third kappa shape index (κ3) is 3.52. The molecule has 0 saturated heterocycles. The molecule has 4 rings (SSSR count). The fourth-order valence-electron chi connectivity index (χ4n) is 3.55. The van der Waals surface area contributed by atoms with E-state index in [1.165, 1.54) is 0 Å². The standard InChI is InChI=1S/C23H24N2O3/c1-4-25(14-17-6-8-21-22(13-17)28-10-9-27-21)23(26)19-12-16(3)24-20-7-5-15(2)11-18(19)20/h5-8,11-13H,4,9-10,14H2,1-3H3. The molecule has 0 fully saturated rings. The molecule has 28 heavy (non-hydrogen) atoms. The van der Waals surface area contributed by atoms with Crippen molar-refractivity contribution in [3.63, 3.8) is 0 Å². The molecule has 3 aromatic rings. The molecule has 0 atom stereocenters. The van der Waals surface area contributed by atoms with Crippen LogP contribution in [0.15, 0.2) is 42.5 Å². The Hall–Kier alpha value is -3.08. The molecule has 1 aromatic heterocycles. The van der Waals surface area contributed by atoms with Gasteiger partial charge in [-0.2, -0.15) is 0 Å². The number of aryl methyl sites for hydroxylation is 2. The average molecular weight is 376 g/mol. The number of rotatable bonds is 4. The molecule has 0 unspecified atom stereocenters. The van der Waals surface area contributed by atoms with E-state index in [0.29, 0.717) is 31.9 Å². The van der Waals surface area contributed by atoms with Crippen molar-refractivity contribution in [2.24, 2.45) is 0 Å². The molecule has 0 spiro atoms. The lowest BCUT2D eigenvalue weighted by molar-refractivity contribution is 0.0754. The van der Waals surface area contributed by atoms with Crippen LogP contribution in [0.1, 0.15) is 34.1 Å². The van der Waals surface area contributed by atoms with Crippen molar-refractivity contribution in [1.29, 1.82) is 0 Å².